The second-order valence-corrected chi connectivity index (χ2v) is 6.13. The molecule has 1 saturated carbocycles. The number of nitrogens with zero attached hydrogens (tertiary/aromatic N) is 1. The summed E-state index contributed by atoms with van der Waals surface area (Å²) in [6.07, 6.45) is 5.97. The summed E-state index contributed by atoms with van der Waals surface area (Å²) >= 11 is 3.42. The predicted octanol–water partition coefficient (Wildman–Crippen LogP) is 3.92. The SMILES string of the molecule is O=C(Cc1ccccc1F)N(CCBr)C1CCCCC1. The molecule has 0 spiro atoms. The molecule has 0 radical (unpaired) electrons. The summed E-state index contributed by atoms with van der Waals surface area (Å²) in [6, 6.07) is 6.88. The first-order chi connectivity index (χ1) is 9.72. The van der Waals surface area contributed by atoms with Crippen molar-refractivity contribution in [1.82, 2.24) is 4.90 Å². The Bertz CT molecular complexity index is 446. The Morgan fingerprint density at radius 2 is 1.95 bits per heavy atom. The molecule has 110 valence electrons. The molecule has 4 heteroatoms. The zero-order valence-corrected chi connectivity index (χ0v) is 13.2. The highest BCUT2D eigenvalue weighted by Gasteiger charge is 2.25. The molecule has 0 N–H and O–H groups in total. The lowest BCUT2D eigenvalue weighted by molar-refractivity contribution is -0.133. The van der Waals surface area contributed by atoms with Gasteiger partial charge in [0.2, 0.25) is 5.91 Å². The van der Waals surface area contributed by atoms with Gasteiger partial charge in [0, 0.05) is 17.9 Å². The summed E-state index contributed by atoms with van der Waals surface area (Å²) in [7, 11) is 0. The summed E-state index contributed by atoms with van der Waals surface area (Å²) < 4.78 is 13.7. The Morgan fingerprint density at radius 3 is 2.60 bits per heavy atom. The van der Waals surface area contributed by atoms with Crippen molar-refractivity contribution >= 4 is 21.8 Å². The summed E-state index contributed by atoms with van der Waals surface area (Å²) in [5, 5.41) is 0.770. The smallest absolute Gasteiger partial charge is 0.227 e. The Morgan fingerprint density at radius 1 is 1.25 bits per heavy atom. The first-order valence-corrected chi connectivity index (χ1v) is 8.43. The van der Waals surface area contributed by atoms with Crippen LogP contribution in [-0.4, -0.2) is 28.7 Å². The van der Waals surface area contributed by atoms with E-state index in [2.05, 4.69) is 15.9 Å². The van der Waals surface area contributed by atoms with Crippen LogP contribution in [0.1, 0.15) is 37.7 Å². The minimum atomic E-state index is -0.289. The molecule has 0 atom stereocenters. The van der Waals surface area contributed by atoms with Crippen LogP contribution in [0.2, 0.25) is 0 Å². The molecule has 0 bridgehead atoms. The van der Waals surface area contributed by atoms with Crippen LogP contribution in [0.15, 0.2) is 24.3 Å². The van der Waals surface area contributed by atoms with Crippen LogP contribution >= 0.6 is 15.9 Å². The molecule has 1 amide bonds. The van der Waals surface area contributed by atoms with Crippen molar-refractivity contribution in [1.29, 1.82) is 0 Å². The Balaban J connectivity index is 2.04. The van der Waals surface area contributed by atoms with Gasteiger partial charge in [-0.25, -0.2) is 4.39 Å². The van der Waals surface area contributed by atoms with Crippen molar-refractivity contribution in [2.24, 2.45) is 0 Å². The summed E-state index contributed by atoms with van der Waals surface area (Å²) in [5.41, 5.74) is 0.493. The normalized spacial score (nSPS) is 16.1. The number of alkyl halides is 1. The monoisotopic (exact) mass is 341 g/mol. The molecule has 20 heavy (non-hydrogen) atoms. The Labute approximate surface area is 128 Å². The molecule has 0 saturated heterocycles. The van der Waals surface area contributed by atoms with Gasteiger partial charge in [0.05, 0.1) is 6.42 Å². The van der Waals surface area contributed by atoms with E-state index in [0.29, 0.717) is 18.2 Å². The van der Waals surface area contributed by atoms with Crippen molar-refractivity contribution in [3.05, 3.63) is 35.6 Å². The molecule has 1 fully saturated rings. The van der Waals surface area contributed by atoms with Crippen molar-refractivity contribution in [3.63, 3.8) is 0 Å². The minimum Gasteiger partial charge on any atom is -0.339 e. The number of amides is 1. The zero-order valence-electron chi connectivity index (χ0n) is 11.7. The number of carbonyl (C=O) groups excluding carboxylic acids is 1. The molecular weight excluding hydrogens is 321 g/mol. The minimum absolute atomic E-state index is 0.0430. The van der Waals surface area contributed by atoms with Crippen LogP contribution in [-0.2, 0) is 11.2 Å². The van der Waals surface area contributed by atoms with Gasteiger partial charge in [0.1, 0.15) is 5.82 Å². The standard InChI is InChI=1S/C16H21BrFNO/c17-10-11-19(14-7-2-1-3-8-14)16(20)12-13-6-4-5-9-15(13)18/h4-6,9,14H,1-3,7-8,10-12H2. The summed E-state index contributed by atoms with van der Waals surface area (Å²) in [4.78, 5) is 14.4. The van der Waals surface area contributed by atoms with Gasteiger partial charge in [-0.1, -0.05) is 53.4 Å². The van der Waals surface area contributed by atoms with Gasteiger partial charge in [-0.3, -0.25) is 4.79 Å². The van der Waals surface area contributed by atoms with Crippen molar-refractivity contribution in [2.45, 2.75) is 44.6 Å². The van der Waals surface area contributed by atoms with E-state index in [4.69, 9.17) is 0 Å². The fourth-order valence-corrected chi connectivity index (χ4v) is 3.28. The van der Waals surface area contributed by atoms with Crippen molar-refractivity contribution in [3.8, 4) is 0 Å². The Hall–Kier alpha value is -0.900. The number of halogens is 2. The molecule has 0 unspecified atom stereocenters. The van der Waals surface area contributed by atoms with E-state index < -0.39 is 0 Å². The molecule has 1 aromatic rings. The average molecular weight is 342 g/mol. The van der Waals surface area contributed by atoms with Crippen LogP contribution < -0.4 is 0 Å². The third kappa shape index (κ3) is 4.05. The van der Waals surface area contributed by atoms with Crippen LogP contribution in [0.5, 0.6) is 0 Å². The molecule has 1 aliphatic rings. The molecule has 2 nitrogen and oxygen atoms in total. The topological polar surface area (TPSA) is 20.3 Å². The lowest BCUT2D eigenvalue weighted by atomic mass is 9.93. The van der Waals surface area contributed by atoms with E-state index in [1.54, 1.807) is 18.2 Å². The molecule has 0 aliphatic heterocycles. The van der Waals surface area contributed by atoms with Gasteiger partial charge < -0.3 is 4.90 Å². The molecule has 2 rings (SSSR count). The lowest BCUT2D eigenvalue weighted by Crippen LogP contribution is -2.43. The maximum Gasteiger partial charge on any atom is 0.227 e. The maximum absolute atomic E-state index is 13.7. The number of benzene rings is 1. The van der Waals surface area contributed by atoms with E-state index in [0.717, 1.165) is 18.2 Å². The van der Waals surface area contributed by atoms with Crippen molar-refractivity contribution in [2.75, 3.05) is 11.9 Å². The van der Waals surface area contributed by atoms with Crippen LogP contribution in [0.3, 0.4) is 0 Å². The van der Waals surface area contributed by atoms with Gasteiger partial charge in [0.25, 0.3) is 0 Å². The first kappa shape index (κ1) is 15.5. The van der Waals surface area contributed by atoms with Gasteiger partial charge in [0.15, 0.2) is 0 Å². The van der Waals surface area contributed by atoms with E-state index in [9.17, 15) is 9.18 Å². The molecule has 1 aliphatic carbocycles. The van der Waals surface area contributed by atoms with Gasteiger partial charge >= 0.3 is 0 Å². The van der Waals surface area contributed by atoms with E-state index in [-0.39, 0.29) is 18.1 Å². The third-order valence-corrected chi connectivity index (χ3v) is 4.32. The second-order valence-electron chi connectivity index (χ2n) is 5.34. The highest BCUT2D eigenvalue weighted by atomic mass is 79.9. The Kier molecular flexibility index (Phi) is 6.02. The van der Waals surface area contributed by atoms with E-state index in [1.807, 2.05) is 4.90 Å². The van der Waals surface area contributed by atoms with Crippen molar-refractivity contribution < 1.29 is 9.18 Å². The third-order valence-electron chi connectivity index (χ3n) is 3.96. The molecular formula is C16H21BrFNO. The largest absolute Gasteiger partial charge is 0.339 e. The average Bonchev–Trinajstić information content (AvgIpc) is 2.48. The lowest BCUT2D eigenvalue weighted by Gasteiger charge is -2.34. The van der Waals surface area contributed by atoms with E-state index >= 15 is 0 Å². The highest BCUT2D eigenvalue weighted by molar-refractivity contribution is 9.09. The molecule has 0 heterocycles. The van der Waals surface area contributed by atoms with Gasteiger partial charge in [-0.05, 0) is 24.5 Å². The quantitative estimate of drug-likeness (QED) is 0.743. The highest BCUT2D eigenvalue weighted by Crippen LogP contribution is 2.23. The predicted molar refractivity (Wildman–Crippen MR) is 82.5 cm³/mol. The molecule has 0 aromatic heterocycles. The molecule has 1 aromatic carbocycles. The van der Waals surface area contributed by atoms with Gasteiger partial charge in [-0.15, -0.1) is 0 Å². The second kappa shape index (κ2) is 7.77. The summed E-state index contributed by atoms with van der Waals surface area (Å²) in [5.74, 6) is -0.246. The van der Waals surface area contributed by atoms with Crippen LogP contribution in [0.4, 0.5) is 4.39 Å². The van der Waals surface area contributed by atoms with Gasteiger partial charge in [-0.2, -0.15) is 0 Å². The summed E-state index contributed by atoms with van der Waals surface area (Å²) in [6.45, 7) is 0.706. The number of carbonyl (C=O) groups is 1. The number of hydrogen-bond donors (Lipinski definition) is 0. The fourth-order valence-electron chi connectivity index (χ4n) is 2.90. The first-order valence-electron chi connectivity index (χ1n) is 7.31. The fraction of sp³-hybridized carbons (Fsp3) is 0.562. The zero-order chi connectivity index (χ0) is 14.4. The maximum atomic E-state index is 13.7. The van der Waals surface area contributed by atoms with Crippen LogP contribution in [0, 0.1) is 5.82 Å². The van der Waals surface area contributed by atoms with E-state index in [1.165, 1.54) is 25.3 Å². The number of rotatable bonds is 5. The number of hydrogen-bond acceptors (Lipinski definition) is 1. The van der Waals surface area contributed by atoms with Crippen LogP contribution in [0.25, 0.3) is 0 Å².